The van der Waals surface area contributed by atoms with Gasteiger partial charge in [0.25, 0.3) is 0 Å². The summed E-state index contributed by atoms with van der Waals surface area (Å²) in [5.74, 6) is -2.63. The highest BCUT2D eigenvalue weighted by atomic mass is 19.4. The summed E-state index contributed by atoms with van der Waals surface area (Å²) in [5.41, 5.74) is -1.73. The molecule has 17 heavy (non-hydrogen) atoms. The van der Waals surface area contributed by atoms with Crippen LogP contribution in [-0.4, -0.2) is 18.5 Å². The molecule has 1 aromatic carbocycles. The number of benzene rings is 1. The minimum atomic E-state index is -5.20. The maximum Gasteiger partial charge on any atom is 0.510 e. The minimum Gasteiger partial charge on any atom is -0.423 e. The van der Waals surface area contributed by atoms with Crippen LogP contribution in [0.1, 0.15) is 5.56 Å². The highest BCUT2D eigenvalue weighted by Gasteiger charge is 2.37. The predicted octanol–water partition coefficient (Wildman–Crippen LogP) is 1.06. The van der Waals surface area contributed by atoms with Crippen LogP contribution in [-0.2, 0) is 4.65 Å². The first-order valence-corrected chi connectivity index (χ1v) is 4.06. The van der Waals surface area contributed by atoms with E-state index in [0.717, 1.165) is 0 Å². The molecule has 0 aromatic heterocycles. The molecule has 0 heterocycles. The smallest absolute Gasteiger partial charge is 0.423 e. The molecule has 0 aliphatic heterocycles. The van der Waals surface area contributed by atoms with Gasteiger partial charge in [0.15, 0.2) is 0 Å². The average molecular weight is 251 g/mol. The van der Waals surface area contributed by atoms with Gasteiger partial charge in [-0.25, -0.2) is 8.78 Å². The first kappa shape index (κ1) is 13.4. The van der Waals surface area contributed by atoms with E-state index in [1.807, 2.05) is 0 Å². The quantitative estimate of drug-likeness (QED) is 0.631. The molecule has 0 saturated carbocycles. The fraction of sp³-hybridized carbons (Fsp3) is 0.125. The zero-order chi connectivity index (χ0) is 13.2. The number of alkyl halides is 3. The molecule has 1 aromatic rings. The van der Waals surface area contributed by atoms with E-state index in [1.165, 1.54) is 6.07 Å². The second kappa shape index (κ2) is 4.69. The normalized spacial score (nSPS) is 11.1. The van der Waals surface area contributed by atoms with Crippen molar-refractivity contribution >= 4 is 12.6 Å². The largest absolute Gasteiger partial charge is 0.510 e. The van der Waals surface area contributed by atoms with E-state index in [2.05, 4.69) is 4.65 Å². The highest BCUT2D eigenvalue weighted by Crippen LogP contribution is 2.17. The van der Waals surface area contributed by atoms with E-state index in [9.17, 15) is 22.0 Å². The van der Waals surface area contributed by atoms with Gasteiger partial charge in [0, 0.05) is 5.46 Å². The Morgan fingerprint density at radius 1 is 1.24 bits per heavy atom. The molecule has 3 nitrogen and oxygen atoms in total. The first-order chi connectivity index (χ1) is 7.74. The SMILES string of the molecule is N#Cc1cc(F)c(B(O)OC(F)(F)F)cc1F. The molecule has 0 spiro atoms. The first-order valence-electron chi connectivity index (χ1n) is 4.06. The van der Waals surface area contributed by atoms with Crippen molar-refractivity contribution in [2.24, 2.45) is 0 Å². The molecular weight excluding hydrogens is 248 g/mol. The Morgan fingerprint density at radius 2 is 1.82 bits per heavy atom. The van der Waals surface area contributed by atoms with E-state index >= 15 is 0 Å². The predicted molar refractivity (Wildman–Crippen MR) is 45.8 cm³/mol. The molecule has 0 aliphatic rings. The molecule has 0 bridgehead atoms. The number of rotatable bonds is 2. The van der Waals surface area contributed by atoms with Crippen molar-refractivity contribution in [3.05, 3.63) is 29.3 Å². The summed E-state index contributed by atoms with van der Waals surface area (Å²) in [4.78, 5) is 0. The van der Waals surface area contributed by atoms with Crippen molar-refractivity contribution in [2.45, 2.75) is 6.36 Å². The lowest BCUT2D eigenvalue weighted by Gasteiger charge is -2.11. The lowest BCUT2D eigenvalue weighted by atomic mass is 9.78. The molecule has 9 heteroatoms. The average Bonchev–Trinajstić information content (AvgIpc) is 2.18. The van der Waals surface area contributed by atoms with E-state index < -0.39 is 36.1 Å². The maximum absolute atomic E-state index is 13.1. The van der Waals surface area contributed by atoms with Crippen molar-refractivity contribution in [1.82, 2.24) is 0 Å². The van der Waals surface area contributed by atoms with E-state index in [-0.39, 0.29) is 6.07 Å². The Morgan fingerprint density at radius 3 is 2.29 bits per heavy atom. The molecular formula is C8H3BF5NO2. The van der Waals surface area contributed by atoms with Crippen LogP contribution < -0.4 is 5.46 Å². The fourth-order valence-corrected chi connectivity index (χ4v) is 1.03. The van der Waals surface area contributed by atoms with Crippen LogP contribution in [0.3, 0.4) is 0 Å². The van der Waals surface area contributed by atoms with Crippen LogP contribution in [0.2, 0.25) is 0 Å². The molecule has 1 N–H and O–H groups in total. The van der Waals surface area contributed by atoms with Crippen LogP contribution >= 0.6 is 0 Å². The summed E-state index contributed by atoms with van der Waals surface area (Å²) >= 11 is 0. The number of hydrogen-bond acceptors (Lipinski definition) is 3. The molecule has 90 valence electrons. The van der Waals surface area contributed by atoms with Crippen LogP contribution in [0, 0.1) is 23.0 Å². The summed E-state index contributed by atoms with van der Waals surface area (Å²) in [6, 6.07) is 1.93. The summed E-state index contributed by atoms with van der Waals surface area (Å²) in [7, 11) is -2.70. The molecule has 0 unspecified atom stereocenters. The van der Waals surface area contributed by atoms with Gasteiger partial charge in [-0.15, -0.1) is 13.2 Å². The van der Waals surface area contributed by atoms with Gasteiger partial charge in [-0.1, -0.05) is 0 Å². The van der Waals surface area contributed by atoms with Gasteiger partial charge in [0.05, 0.1) is 5.56 Å². The van der Waals surface area contributed by atoms with Gasteiger partial charge in [-0.05, 0) is 12.1 Å². The lowest BCUT2D eigenvalue weighted by Crippen LogP contribution is -2.40. The Labute approximate surface area is 92.2 Å². The lowest BCUT2D eigenvalue weighted by molar-refractivity contribution is -0.282. The van der Waals surface area contributed by atoms with E-state index in [1.54, 1.807) is 0 Å². The third kappa shape index (κ3) is 3.40. The van der Waals surface area contributed by atoms with Crippen molar-refractivity contribution in [2.75, 3.05) is 0 Å². The fourth-order valence-electron chi connectivity index (χ4n) is 1.03. The second-order valence-electron chi connectivity index (χ2n) is 2.88. The van der Waals surface area contributed by atoms with Gasteiger partial charge in [-0.2, -0.15) is 5.26 Å². The number of hydrogen-bond donors (Lipinski definition) is 1. The van der Waals surface area contributed by atoms with Crippen LogP contribution in [0.4, 0.5) is 22.0 Å². The van der Waals surface area contributed by atoms with Crippen molar-refractivity contribution in [1.29, 1.82) is 5.26 Å². The van der Waals surface area contributed by atoms with Gasteiger partial charge in [0.1, 0.15) is 17.7 Å². The summed E-state index contributed by atoms with van der Waals surface area (Å²) in [6.07, 6.45) is -5.20. The van der Waals surface area contributed by atoms with E-state index in [4.69, 9.17) is 10.3 Å². The molecule has 0 fully saturated rings. The summed E-state index contributed by atoms with van der Waals surface area (Å²) in [5, 5.41) is 17.2. The van der Waals surface area contributed by atoms with Crippen molar-refractivity contribution in [3.8, 4) is 6.07 Å². The van der Waals surface area contributed by atoms with Crippen LogP contribution in [0.15, 0.2) is 12.1 Å². The second-order valence-corrected chi connectivity index (χ2v) is 2.88. The number of nitriles is 1. The topological polar surface area (TPSA) is 53.2 Å². The van der Waals surface area contributed by atoms with Gasteiger partial charge in [-0.3, -0.25) is 0 Å². The molecule has 0 amide bonds. The van der Waals surface area contributed by atoms with E-state index in [0.29, 0.717) is 6.07 Å². The number of nitrogens with zero attached hydrogens (tertiary/aromatic N) is 1. The Hall–Kier alpha value is -1.66. The Balaban J connectivity index is 3.08. The van der Waals surface area contributed by atoms with Crippen molar-refractivity contribution in [3.63, 3.8) is 0 Å². The minimum absolute atomic E-state index is 0.268. The third-order valence-electron chi connectivity index (χ3n) is 1.72. The Bertz CT molecular complexity index is 470. The summed E-state index contributed by atoms with van der Waals surface area (Å²) < 4.78 is 64.4. The molecule has 0 aliphatic carbocycles. The zero-order valence-electron chi connectivity index (χ0n) is 7.92. The van der Waals surface area contributed by atoms with Gasteiger partial charge in [0.2, 0.25) is 0 Å². The maximum atomic E-state index is 13.1. The molecule has 1 rings (SSSR count). The third-order valence-corrected chi connectivity index (χ3v) is 1.72. The van der Waals surface area contributed by atoms with Gasteiger partial charge < -0.3 is 9.68 Å². The molecule has 0 saturated heterocycles. The van der Waals surface area contributed by atoms with Crippen molar-refractivity contribution < 1.29 is 31.6 Å². The highest BCUT2D eigenvalue weighted by molar-refractivity contribution is 6.60. The molecule has 0 radical (unpaired) electrons. The standard InChI is InChI=1S/C8H3BF5NO2/c10-6-2-5(7(11)1-4(6)3-15)9(16)17-8(12,13)14/h1-2,16H. The molecule has 0 atom stereocenters. The zero-order valence-corrected chi connectivity index (χ0v) is 7.92. The summed E-state index contributed by atoms with van der Waals surface area (Å²) in [6.45, 7) is 0. The number of halogens is 5. The van der Waals surface area contributed by atoms with Crippen LogP contribution in [0.5, 0.6) is 0 Å². The monoisotopic (exact) mass is 251 g/mol. The van der Waals surface area contributed by atoms with Crippen LogP contribution in [0.25, 0.3) is 0 Å². The van der Waals surface area contributed by atoms with Gasteiger partial charge >= 0.3 is 13.5 Å². The Kier molecular flexibility index (Phi) is 3.70.